The molecular weight excluding hydrogens is 781 g/mol. The molecule has 0 radical (unpaired) electrons. The summed E-state index contributed by atoms with van der Waals surface area (Å²) in [6.45, 7) is 13.9. The number of pyridine rings is 1. The Labute approximate surface area is 352 Å². The number of aromatic nitrogens is 4. The van der Waals surface area contributed by atoms with Crippen LogP contribution in [0.4, 0.5) is 0 Å². The van der Waals surface area contributed by atoms with Gasteiger partial charge in [-0.05, 0) is 124 Å². The zero-order valence-corrected chi connectivity index (χ0v) is 37.3. The molecule has 2 atom stereocenters. The highest BCUT2D eigenvalue weighted by atomic mass is 32.1. The molecule has 0 amide bonds. The number of phenolic OH excluding ortho intramolecular Hbond substituents is 1. The van der Waals surface area contributed by atoms with Crippen LogP contribution in [0.2, 0.25) is 18.1 Å². The summed E-state index contributed by atoms with van der Waals surface area (Å²) in [6.07, 6.45) is 7.77. The molecule has 2 aliphatic carbocycles. The number of benzene rings is 2. The summed E-state index contributed by atoms with van der Waals surface area (Å²) in [5, 5.41) is 37.6. The Bertz CT molecular complexity index is 2260. The molecule has 4 N–H and O–H groups in total. The van der Waals surface area contributed by atoms with Gasteiger partial charge in [0.25, 0.3) is 0 Å². The van der Waals surface area contributed by atoms with E-state index in [-0.39, 0.29) is 34.5 Å². The van der Waals surface area contributed by atoms with Crippen molar-refractivity contribution in [2.75, 3.05) is 20.1 Å². The maximum atomic E-state index is 13.5. The van der Waals surface area contributed by atoms with Gasteiger partial charge in [-0.15, -0.1) is 16.4 Å². The summed E-state index contributed by atoms with van der Waals surface area (Å²) in [7, 11) is -0.0235. The van der Waals surface area contributed by atoms with Crippen molar-refractivity contribution in [1.82, 2.24) is 30.2 Å². The van der Waals surface area contributed by atoms with Crippen LogP contribution >= 0.6 is 11.3 Å². The number of esters is 1. The molecule has 5 aromatic rings. The molecule has 318 valence electrons. The second-order valence-electron chi connectivity index (χ2n) is 18.3. The van der Waals surface area contributed by atoms with Gasteiger partial charge in [-0.2, -0.15) is 0 Å². The van der Waals surface area contributed by atoms with Crippen LogP contribution in [-0.4, -0.2) is 81.7 Å². The Balaban J connectivity index is 0.906. The molecule has 0 unspecified atom stereocenters. The monoisotopic (exact) mass is 842 g/mol. The van der Waals surface area contributed by atoms with E-state index >= 15 is 0 Å². The number of nitrogens with zero attached hydrogens (tertiary/aromatic N) is 4. The van der Waals surface area contributed by atoms with Gasteiger partial charge in [-0.1, -0.05) is 57.0 Å². The minimum Gasteiger partial charge on any atom is -0.506 e. The minimum atomic E-state index is -2.20. The number of aliphatic hydroxyl groups is 1. The molecule has 2 aliphatic rings. The molecule has 2 fully saturated rings. The van der Waals surface area contributed by atoms with Gasteiger partial charge in [0.2, 0.25) is 5.56 Å². The largest absolute Gasteiger partial charge is 0.506 e. The molecule has 0 saturated heterocycles. The fourth-order valence-corrected chi connectivity index (χ4v) is 10.9. The maximum Gasteiger partial charge on any atom is 0.344 e. The van der Waals surface area contributed by atoms with Crippen molar-refractivity contribution in [2.24, 2.45) is 5.92 Å². The number of rotatable bonds is 16. The van der Waals surface area contributed by atoms with Crippen molar-refractivity contribution < 1.29 is 24.2 Å². The second-order valence-corrected chi connectivity index (χ2v) is 24.0. The fraction of sp³-hybridized carbons (Fsp3) is 0.556. The van der Waals surface area contributed by atoms with Crippen LogP contribution in [0.5, 0.6) is 5.75 Å². The van der Waals surface area contributed by atoms with Gasteiger partial charge in [-0.25, -0.2) is 9.48 Å². The molecule has 12 nitrogen and oxygen atoms in total. The van der Waals surface area contributed by atoms with Gasteiger partial charge in [0, 0.05) is 47.9 Å². The maximum absolute atomic E-state index is 13.5. The summed E-state index contributed by atoms with van der Waals surface area (Å²) < 4.78 is 15.0. The second kappa shape index (κ2) is 18.0. The molecule has 2 saturated carbocycles. The third kappa shape index (κ3) is 9.53. The number of aromatic hydroxyl groups is 1. The van der Waals surface area contributed by atoms with Crippen LogP contribution in [0.1, 0.15) is 101 Å². The number of H-pyrrole nitrogens is 1. The molecule has 0 bridgehead atoms. The summed E-state index contributed by atoms with van der Waals surface area (Å²) in [6, 6.07) is 17.3. The van der Waals surface area contributed by atoms with Crippen LogP contribution in [0.15, 0.2) is 64.8 Å². The molecule has 3 aromatic heterocycles. The molecule has 14 heteroatoms. The third-order valence-electron chi connectivity index (χ3n) is 13.3. The minimum absolute atomic E-state index is 0.00916. The smallest absolute Gasteiger partial charge is 0.344 e. The summed E-state index contributed by atoms with van der Waals surface area (Å²) in [4.78, 5) is 31.6. The van der Waals surface area contributed by atoms with Crippen LogP contribution in [-0.2, 0) is 32.6 Å². The molecule has 0 spiro atoms. The Hall–Kier alpha value is -3.92. The lowest BCUT2D eigenvalue weighted by molar-refractivity contribution is -0.180. The first-order valence-corrected chi connectivity index (χ1v) is 25.2. The molecule has 3 heterocycles. The van der Waals surface area contributed by atoms with E-state index in [0.717, 1.165) is 98.4 Å². The lowest BCUT2D eigenvalue weighted by atomic mass is 9.84. The van der Waals surface area contributed by atoms with E-state index in [2.05, 4.69) is 84.6 Å². The normalized spacial score (nSPS) is 19.7. The van der Waals surface area contributed by atoms with Crippen LogP contribution in [0.3, 0.4) is 0 Å². The number of fused-ring (bicyclic) bond motifs is 2. The lowest BCUT2D eigenvalue weighted by Gasteiger charge is -2.39. The third-order valence-corrected chi connectivity index (χ3v) is 18.8. The summed E-state index contributed by atoms with van der Waals surface area (Å²) >= 11 is 1.44. The topological polar surface area (TPSA) is 155 Å². The standard InChI is InChI=1S/C45H62N6O6SSi/c1-44(2,3)59(5,6)57-39(34-19-22-38(52)42-35(34)20-23-41(53)47-42)29-46-28-30-14-21-37-36(27-30)48-49-51(37)25-10-24-50(4)32-15-17-33(18-16-32)56-43(54)45(55,31-11-7-8-12-31)40-13-9-26-58-40/h9,13-14,19-23,26-27,31-33,39,46,52,55H,7-8,10-12,15-18,24-25,28-29H2,1-6H3,(H,47,53)/t32?,33?,39-,45+/m0/s1. The first-order valence-electron chi connectivity index (χ1n) is 21.4. The van der Waals surface area contributed by atoms with Crippen molar-refractivity contribution >= 4 is 47.6 Å². The highest BCUT2D eigenvalue weighted by Crippen LogP contribution is 2.44. The summed E-state index contributed by atoms with van der Waals surface area (Å²) in [5.74, 6) is -0.510. The van der Waals surface area contributed by atoms with E-state index in [0.29, 0.717) is 29.5 Å². The number of hydrogen-bond donors (Lipinski definition) is 4. The van der Waals surface area contributed by atoms with E-state index < -0.39 is 19.9 Å². The molecular formula is C45H62N6O6SSi. The van der Waals surface area contributed by atoms with E-state index in [1.165, 1.54) is 17.4 Å². The fourth-order valence-electron chi connectivity index (χ4n) is 8.73. The van der Waals surface area contributed by atoms with Gasteiger partial charge in [-0.3, -0.25) is 4.79 Å². The van der Waals surface area contributed by atoms with E-state index in [4.69, 9.17) is 9.16 Å². The Kier molecular flexibility index (Phi) is 13.1. The molecule has 7 rings (SSSR count). The highest BCUT2D eigenvalue weighted by molar-refractivity contribution is 7.10. The van der Waals surface area contributed by atoms with Crippen molar-refractivity contribution in [2.45, 2.75) is 134 Å². The van der Waals surface area contributed by atoms with Gasteiger partial charge < -0.3 is 34.6 Å². The van der Waals surface area contributed by atoms with Crippen molar-refractivity contribution in [3.63, 3.8) is 0 Å². The van der Waals surface area contributed by atoms with E-state index in [1.54, 1.807) is 12.1 Å². The quantitative estimate of drug-likeness (QED) is 0.0565. The van der Waals surface area contributed by atoms with Gasteiger partial charge in [0.05, 0.1) is 17.1 Å². The number of hydrogen-bond acceptors (Lipinski definition) is 11. The first kappa shape index (κ1) is 43.2. The van der Waals surface area contributed by atoms with Crippen molar-refractivity contribution in [3.05, 3.63) is 86.3 Å². The molecule has 59 heavy (non-hydrogen) atoms. The summed E-state index contributed by atoms with van der Waals surface area (Å²) in [5.41, 5.74) is 2.48. The average molecular weight is 843 g/mol. The number of thiophene rings is 1. The highest BCUT2D eigenvalue weighted by Gasteiger charge is 2.49. The number of ether oxygens (including phenoxy) is 1. The zero-order valence-electron chi connectivity index (χ0n) is 35.5. The van der Waals surface area contributed by atoms with E-state index in [1.807, 2.05) is 28.3 Å². The molecule has 0 aliphatic heterocycles. The Morgan fingerprint density at radius 1 is 1.07 bits per heavy atom. The van der Waals surface area contributed by atoms with Gasteiger partial charge in [0.15, 0.2) is 13.9 Å². The SMILES string of the molecule is CN(CCCn1nnc2cc(CNC[C@H](O[Si](C)(C)C(C)(C)C)c3ccc(O)c4[nH]c(=O)ccc34)ccc21)C1CCC(OC(=O)[C@](O)(c2cccs2)C2CCCC2)CC1. The number of nitrogens with one attached hydrogen (secondary N) is 2. The number of phenols is 1. The Morgan fingerprint density at radius 2 is 1.83 bits per heavy atom. The Morgan fingerprint density at radius 3 is 2.54 bits per heavy atom. The predicted molar refractivity (Wildman–Crippen MR) is 236 cm³/mol. The lowest BCUT2D eigenvalue weighted by Crippen LogP contribution is -2.45. The molecule has 2 aromatic carbocycles. The zero-order chi connectivity index (χ0) is 42.0. The average Bonchev–Trinajstić information content (AvgIpc) is 4.02. The number of aromatic amines is 1. The van der Waals surface area contributed by atoms with Crippen LogP contribution < -0.4 is 10.9 Å². The van der Waals surface area contributed by atoms with Crippen LogP contribution in [0, 0.1) is 5.92 Å². The number of carbonyl (C=O) groups excluding carboxylic acids is 1. The van der Waals surface area contributed by atoms with Crippen molar-refractivity contribution in [1.29, 1.82) is 0 Å². The van der Waals surface area contributed by atoms with Crippen molar-refractivity contribution in [3.8, 4) is 5.75 Å². The van der Waals surface area contributed by atoms with Gasteiger partial charge in [0.1, 0.15) is 17.4 Å². The number of carbonyl (C=O) groups is 1. The van der Waals surface area contributed by atoms with Crippen LogP contribution in [0.25, 0.3) is 21.9 Å². The van der Waals surface area contributed by atoms with E-state index in [9.17, 15) is 19.8 Å². The first-order chi connectivity index (χ1) is 28.1. The predicted octanol–water partition coefficient (Wildman–Crippen LogP) is 8.15. The number of aryl methyl sites for hydroxylation is 1. The van der Waals surface area contributed by atoms with Gasteiger partial charge >= 0.3 is 5.97 Å².